The maximum atomic E-state index is 13.0. The van der Waals surface area contributed by atoms with Gasteiger partial charge in [0.25, 0.3) is 5.92 Å². The Hall–Kier alpha value is -1.91. The van der Waals surface area contributed by atoms with Crippen molar-refractivity contribution in [3.05, 3.63) is 35.5 Å². The fourth-order valence-corrected chi connectivity index (χ4v) is 1.58. The van der Waals surface area contributed by atoms with E-state index in [2.05, 4.69) is 4.98 Å². The maximum absolute atomic E-state index is 13.0. The van der Waals surface area contributed by atoms with Crippen molar-refractivity contribution in [2.45, 2.75) is 12.8 Å². The van der Waals surface area contributed by atoms with E-state index >= 15 is 0 Å². The summed E-state index contributed by atoms with van der Waals surface area (Å²) in [5.74, 6) is -4.13. The highest BCUT2D eigenvalue weighted by molar-refractivity contribution is 6.03. The molecule has 84 valence electrons. The Labute approximate surface area is 89.7 Å². The monoisotopic (exact) mass is 225 g/mol. The van der Waals surface area contributed by atoms with Gasteiger partial charge in [0, 0.05) is 17.8 Å². The van der Waals surface area contributed by atoms with E-state index in [1.54, 1.807) is 6.07 Å². The van der Waals surface area contributed by atoms with E-state index in [1.807, 2.05) is 0 Å². The standard InChI is InChI=1S/C11H9F2NO2/c1-11(12,13)9-5-7-6(10(15)16)3-2-4-8(7)14-9/h2-5,14H,1H3,(H,15,16). The molecular weight excluding hydrogens is 216 g/mol. The van der Waals surface area contributed by atoms with Gasteiger partial charge < -0.3 is 10.1 Å². The molecule has 1 heterocycles. The summed E-state index contributed by atoms with van der Waals surface area (Å²) in [6.45, 7) is 0.762. The zero-order chi connectivity index (χ0) is 11.9. The Morgan fingerprint density at radius 3 is 2.69 bits per heavy atom. The van der Waals surface area contributed by atoms with Crippen molar-refractivity contribution < 1.29 is 18.7 Å². The fourth-order valence-electron chi connectivity index (χ4n) is 1.58. The maximum Gasteiger partial charge on any atom is 0.336 e. The first-order valence-electron chi connectivity index (χ1n) is 4.63. The molecule has 1 aromatic heterocycles. The molecule has 0 atom stereocenters. The minimum absolute atomic E-state index is 0.0178. The number of aromatic carboxylic acids is 1. The normalized spacial score (nSPS) is 11.9. The molecule has 2 aromatic rings. The van der Waals surface area contributed by atoms with Crippen molar-refractivity contribution in [1.82, 2.24) is 4.98 Å². The molecule has 0 aliphatic carbocycles. The second-order valence-electron chi connectivity index (χ2n) is 3.64. The topological polar surface area (TPSA) is 53.1 Å². The molecule has 0 aliphatic rings. The third-order valence-corrected chi connectivity index (χ3v) is 2.37. The zero-order valence-corrected chi connectivity index (χ0v) is 8.42. The van der Waals surface area contributed by atoms with Gasteiger partial charge in [-0.05, 0) is 18.2 Å². The van der Waals surface area contributed by atoms with Crippen LogP contribution < -0.4 is 0 Å². The molecular formula is C11H9F2NO2. The first-order valence-corrected chi connectivity index (χ1v) is 4.63. The van der Waals surface area contributed by atoms with Crippen LogP contribution in [-0.4, -0.2) is 16.1 Å². The summed E-state index contributed by atoms with van der Waals surface area (Å²) in [7, 11) is 0. The molecule has 2 N–H and O–H groups in total. The second-order valence-corrected chi connectivity index (χ2v) is 3.64. The first kappa shape index (κ1) is 10.6. The van der Waals surface area contributed by atoms with Crippen LogP contribution in [0.5, 0.6) is 0 Å². The van der Waals surface area contributed by atoms with Crippen molar-refractivity contribution >= 4 is 16.9 Å². The second kappa shape index (κ2) is 3.30. The molecule has 1 aromatic carbocycles. The highest BCUT2D eigenvalue weighted by atomic mass is 19.3. The van der Waals surface area contributed by atoms with Crippen molar-refractivity contribution in [3.8, 4) is 0 Å². The summed E-state index contributed by atoms with van der Waals surface area (Å²) in [4.78, 5) is 13.4. The molecule has 5 heteroatoms. The number of aromatic nitrogens is 1. The van der Waals surface area contributed by atoms with Gasteiger partial charge in [-0.25, -0.2) is 13.6 Å². The smallest absolute Gasteiger partial charge is 0.336 e. The van der Waals surface area contributed by atoms with E-state index in [9.17, 15) is 13.6 Å². The Balaban J connectivity index is 2.71. The Morgan fingerprint density at radius 2 is 2.12 bits per heavy atom. The molecule has 0 spiro atoms. The summed E-state index contributed by atoms with van der Waals surface area (Å²) in [5, 5.41) is 9.19. The Kier molecular flexibility index (Phi) is 2.18. The van der Waals surface area contributed by atoms with Gasteiger partial charge in [0.15, 0.2) is 0 Å². The largest absolute Gasteiger partial charge is 0.478 e. The van der Waals surface area contributed by atoms with Gasteiger partial charge in [-0.2, -0.15) is 0 Å². The van der Waals surface area contributed by atoms with Crippen LogP contribution >= 0.6 is 0 Å². The average molecular weight is 225 g/mol. The van der Waals surface area contributed by atoms with Crippen LogP contribution in [0.25, 0.3) is 10.9 Å². The predicted molar refractivity (Wildman–Crippen MR) is 54.8 cm³/mol. The lowest BCUT2D eigenvalue weighted by Gasteiger charge is -2.05. The van der Waals surface area contributed by atoms with E-state index in [1.165, 1.54) is 18.2 Å². The highest BCUT2D eigenvalue weighted by Crippen LogP contribution is 2.30. The molecule has 0 unspecified atom stereocenters. The van der Waals surface area contributed by atoms with Gasteiger partial charge in [0.05, 0.1) is 11.3 Å². The number of rotatable bonds is 2. The number of fused-ring (bicyclic) bond motifs is 1. The number of benzene rings is 1. The van der Waals surface area contributed by atoms with Gasteiger partial charge >= 0.3 is 5.97 Å². The lowest BCUT2D eigenvalue weighted by molar-refractivity contribution is 0.0135. The summed E-state index contributed by atoms with van der Waals surface area (Å²) in [5.41, 5.74) is 0.136. The van der Waals surface area contributed by atoms with E-state index in [0.717, 1.165) is 6.92 Å². The van der Waals surface area contributed by atoms with Crippen LogP contribution in [0.2, 0.25) is 0 Å². The quantitative estimate of drug-likeness (QED) is 0.825. The van der Waals surface area contributed by atoms with Crippen LogP contribution in [0.3, 0.4) is 0 Å². The molecule has 0 amide bonds. The number of carboxylic acids is 1. The number of carbonyl (C=O) groups is 1. The summed E-state index contributed by atoms with van der Waals surface area (Å²) < 4.78 is 26.1. The van der Waals surface area contributed by atoms with Gasteiger partial charge in [-0.15, -0.1) is 0 Å². The molecule has 0 saturated carbocycles. The molecule has 16 heavy (non-hydrogen) atoms. The summed E-state index contributed by atoms with van der Waals surface area (Å²) in [6, 6.07) is 5.64. The number of aromatic amines is 1. The van der Waals surface area contributed by atoms with Crippen LogP contribution in [0.4, 0.5) is 8.78 Å². The van der Waals surface area contributed by atoms with Crippen LogP contribution in [0, 0.1) is 0 Å². The Bertz CT molecular complexity index is 555. The molecule has 0 saturated heterocycles. The molecule has 0 fully saturated rings. The van der Waals surface area contributed by atoms with E-state index in [4.69, 9.17) is 5.11 Å². The highest BCUT2D eigenvalue weighted by Gasteiger charge is 2.27. The number of halogens is 2. The van der Waals surface area contributed by atoms with Crippen molar-refractivity contribution in [3.63, 3.8) is 0 Å². The molecule has 0 aliphatic heterocycles. The molecule has 0 radical (unpaired) electrons. The number of carboxylic acid groups (broad SMARTS) is 1. The Morgan fingerprint density at radius 1 is 1.44 bits per heavy atom. The predicted octanol–water partition coefficient (Wildman–Crippen LogP) is 2.98. The van der Waals surface area contributed by atoms with Crippen molar-refractivity contribution in [2.24, 2.45) is 0 Å². The van der Waals surface area contributed by atoms with Crippen LogP contribution in [0.15, 0.2) is 24.3 Å². The number of hydrogen-bond acceptors (Lipinski definition) is 1. The van der Waals surface area contributed by atoms with E-state index < -0.39 is 11.9 Å². The summed E-state index contributed by atoms with van der Waals surface area (Å²) >= 11 is 0. The molecule has 3 nitrogen and oxygen atoms in total. The van der Waals surface area contributed by atoms with Crippen molar-refractivity contribution in [2.75, 3.05) is 0 Å². The lowest BCUT2D eigenvalue weighted by atomic mass is 10.1. The SMILES string of the molecule is CC(F)(F)c1cc2c(C(=O)O)cccc2[nH]1. The minimum atomic E-state index is -3.01. The number of alkyl halides is 2. The molecule has 0 bridgehead atoms. The van der Waals surface area contributed by atoms with Crippen LogP contribution in [0.1, 0.15) is 23.0 Å². The number of H-pyrrole nitrogens is 1. The molecule has 2 rings (SSSR count). The minimum Gasteiger partial charge on any atom is -0.478 e. The van der Waals surface area contributed by atoms with Crippen molar-refractivity contribution in [1.29, 1.82) is 0 Å². The van der Waals surface area contributed by atoms with Gasteiger partial charge in [0.2, 0.25) is 0 Å². The van der Waals surface area contributed by atoms with Gasteiger partial charge in [0.1, 0.15) is 0 Å². The third-order valence-electron chi connectivity index (χ3n) is 2.37. The average Bonchev–Trinajstić information content (AvgIpc) is 2.59. The zero-order valence-electron chi connectivity index (χ0n) is 8.42. The van der Waals surface area contributed by atoms with Gasteiger partial charge in [-0.3, -0.25) is 0 Å². The summed E-state index contributed by atoms with van der Waals surface area (Å²) in [6.07, 6.45) is 0. The van der Waals surface area contributed by atoms with Gasteiger partial charge in [-0.1, -0.05) is 6.07 Å². The first-order chi connectivity index (χ1) is 7.39. The third kappa shape index (κ3) is 1.64. The number of hydrogen-bond donors (Lipinski definition) is 2. The fraction of sp³-hybridized carbons (Fsp3) is 0.182. The van der Waals surface area contributed by atoms with E-state index in [0.29, 0.717) is 10.9 Å². The lowest BCUT2D eigenvalue weighted by Crippen LogP contribution is -2.06. The van der Waals surface area contributed by atoms with Crippen LogP contribution in [-0.2, 0) is 5.92 Å². The van der Waals surface area contributed by atoms with E-state index in [-0.39, 0.29) is 11.3 Å². The number of nitrogens with one attached hydrogen (secondary N) is 1.